The molecule has 0 saturated carbocycles. The maximum atomic E-state index is 12.2. The lowest BCUT2D eigenvalue weighted by molar-refractivity contribution is -0.128. The summed E-state index contributed by atoms with van der Waals surface area (Å²) in [6, 6.07) is 12.3. The van der Waals surface area contributed by atoms with Crippen LogP contribution in [0, 0.1) is 13.8 Å². The largest absolute Gasteiger partial charge is 0.490 e. The Labute approximate surface area is 159 Å². The summed E-state index contributed by atoms with van der Waals surface area (Å²) in [5.74, 6) is 0.419. The Morgan fingerprint density at radius 1 is 1.07 bits per heavy atom. The molecule has 0 radical (unpaired) electrons. The van der Waals surface area contributed by atoms with Gasteiger partial charge in [0.1, 0.15) is 18.1 Å². The minimum Gasteiger partial charge on any atom is -0.490 e. The van der Waals surface area contributed by atoms with Crippen molar-refractivity contribution >= 4 is 11.8 Å². The first-order chi connectivity index (χ1) is 12.9. The van der Waals surface area contributed by atoms with Crippen LogP contribution in [0.4, 0.5) is 0 Å². The zero-order valence-electron chi connectivity index (χ0n) is 15.7. The molecule has 0 unspecified atom stereocenters. The molecule has 0 aliphatic heterocycles. The molecule has 27 heavy (non-hydrogen) atoms. The first-order valence-electron chi connectivity index (χ1n) is 8.59. The predicted molar refractivity (Wildman–Crippen MR) is 104 cm³/mol. The molecule has 0 aromatic heterocycles. The van der Waals surface area contributed by atoms with Crippen molar-refractivity contribution < 1.29 is 19.1 Å². The Kier molecular flexibility index (Phi) is 7.00. The van der Waals surface area contributed by atoms with Gasteiger partial charge in [-0.2, -0.15) is 0 Å². The molecule has 1 atom stereocenters. The summed E-state index contributed by atoms with van der Waals surface area (Å²) >= 11 is 0. The number of nitrogens with one attached hydrogen (secondary N) is 2. The van der Waals surface area contributed by atoms with Crippen molar-refractivity contribution in [3.05, 3.63) is 71.8 Å². The summed E-state index contributed by atoms with van der Waals surface area (Å²) in [7, 11) is 0. The van der Waals surface area contributed by atoms with Crippen molar-refractivity contribution in [1.29, 1.82) is 0 Å². The van der Waals surface area contributed by atoms with E-state index in [4.69, 9.17) is 9.47 Å². The Balaban J connectivity index is 1.88. The molecule has 0 spiro atoms. The topological polar surface area (TPSA) is 76.7 Å². The second-order valence-corrected chi connectivity index (χ2v) is 6.05. The van der Waals surface area contributed by atoms with Crippen LogP contribution in [0.3, 0.4) is 0 Å². The van der Waals surface area contributed by atoms with Crippen LogP contribution in [0.15, 0.2) is 55.1 Å². The molecule has 2 N–H and O–H groups in total. The normalized spacial score (nSPS) is 11.2. The number of amides is 2. The van der Waals surface area contributed by atoms with E-state index in [1.165, 1.54) is 0 Å². The molecule has 2 aromatic carbocycles. The molecule has 6 heteroatoms. The van der Waals surface area contributed by atoms with Gasteiger partial charge in [-0.1, -0.05) is 30.9 Å². The molecule has 0 bridgehead atoms. The molecular weight excluding hydrogens is 344 g/mol. The molecule has 2 amide bonds. The van der Waals surface area contributed by atoms with Gasteiger partial charge in [0.25, 0.3) is 11.8 Å². The molecule has 0 fully saturated rings. The average Bonchev–Trinajstić information content (AvgIpc) is 2.67. The van der Waals surface area contributed by atoms with Gasteiger partial charge in [-0.15, -0.1) is 0 Å². The molecule has 2 rings (SSSR count). The van der Waals surface area contributed by atoms with Crippen LogP contribution in [0.25, 0.3) is 0 Å². The number of ether oxygens (including phenoxy) is 2. The van der Waals surface area contributed by atoms with E-state index < -0.39 is 17.9 Å². The lowest BCUT2D eigenvalue weighted by Crippen LogP contribution is -2.47. The van der Waals surface area contributed by atoms with E-state index in [0.717, 1.165) is 11.1 Å². The lowest BCUT2D eigenvalue weighted by Gasteiger charge is -2.18. The van der Waals surface area contributed by atoms with Crippen LogP contribution in [0.2, 0.25) is 0 Å². The first kappa shape index (κ1) is 20.0. The third-order valence-corrected chi connectivity index (χ3v) is 3.86. The number of para-hydroxylation sites is 1. The number of hydrogen-bond acceptors (Lipinski definition) is 4. The number of carbonyl (C=O) groups is 2. The first-order valence-corrected chi connectivity index (χ1v) is 8.59. The minimum atomic E-state index is -0.764. The lowest BCUT2D eigenvalue weighted by atomic mass is 10.1. The molecule has 0 saturated heterocycles. The maximum Gasteiger partial charge on any atom is 0.279 e. The molecular formula is C21H24N2O4. The van der Waals surface area contributed by atoms with Crippen LogP contribution in [0.5, 0.6) is 11.5 Å². The third kappa shape index (κ3) is 5.60. The molecule has 0 aliphatic rings. The van der Waals surface area contributed by atoms with E-state index in [2.05, 4.69) is 17.4 Å². The number of carbonyl (C=O) groups excluding carboxylic acids is 2. The van der Waals surface area contributed by atoms with E-state index in [-0.39, 0.29) is 0 Å². The summed E-state index contributed by atoms with van der Waals surface area (Å²) in [6.07, 6.45) is 0.873. The van der Waals surface area contributed by atoms with E-state index in [1.807, 2.05) is 32.0 Å². The summed E-state index contributed by atoms with van der Waals surface area (Å²) in [6.45, 7) is 9.41. The van der Waals surface area contributed by atoms with Crippen molar-refractivity contribution in [3.8, 4) is 11.5 Å². The summed E-state index contributed by atoms with van der Waals surface area (Å²) in [5, 5.41) is 0. The fourth-order valence-corrected chi connectivity index (χ4v) is 2.37. The minimum absolute atomic E-state index is 0.389. The van der Waals surface area contributed by atoms with E-state index in [0.29, 0.717) is 23.7 Å². The Hall–Kier alpha value is -3.28. The van der Waals surface area contributed by atoms with Gasteiger partial charge in [-0.25, -0.2) is 0 Å². The highest BCUT2D eigenvalue weighted by Gasteiger charge is 2.17. The van der Waals surface area contributed by atoms with Gasteiger partial charge in [-0.05, 0) is 56.2 Å². The highest BCUT2D eigenvalue weighted by molar-refractivity contribution is 5.95. The van der Waals surface area contributed by atoms with Gasteiger partial charge in [0.15, 0.2) is 6.10 Å². The number of benzene rings is 2. The second-order valence-electron chi connectivity index (χ2n) is 6.05. The Bertz CT molecular complexity index is 795. The highest BCUT2D eigenvalue weighted by atomic mass is 16.5. The predicted octanol–water partition coefficient (Wildman–Crippen LogP) is 3.10. The average molecular weight is 368 g/mol. The van der Waals surface area contributed by atoms with Crippen molar-refractivity contribution in [3.63, 3.8) is 0 Å². The number of hydrogen-bond donors (Lipinski definition) is 2. The number of aryl methyl sites for hydroxylation is 2. The van der Waals surface area contributed by atoms with Crippen LogP contribution in [0.1, 0.15) is 28.4 Å². The van der Waals surface area contributed by atoms with Crippen LogP contribution < -0.4 is 20.3 Å². The van der Waals surface area contributed by atoms with Gasteiger partial charge in [0.2, 0.25) is 0 Å². The van der Waals surface area contributed by atoms with Gasteiger partial charge < -0.3 is 9.47 Å². The summed E-state index contributed by atoms with van der Waals surface area (Å²) in [5.41, 5.74) is 7.04. The van der Waals surface area contributed by atoms with E-state index in [1.54, 1.807) is 37.3 Å². The Morgan fingerprint density at radius 3 is 2.30 bits per heavy atom. The molecule has 0 aliphatic carbocycles. The van der Waals surface area contributed by atoms with Crippen molar-refractivity contribution in [2.45, 2.75) is 26.9 Å². The van der Waals surface area contributed by atoms with Crippen LogP contribution in [-0.2, 0) is 4.79 Å². The molecule has 6 nitrogen and oxygen atoms in total. The van der Waals surface area contributed by atoms with Crippen molar-refractivity contribution in [2.24, 2.45) is 0 Å². The summed E-state index contributed by atoms with van der Waals surface area (Å²) < 4.78 is 11.1. The highest BCUT2D eigenvalue weighted by Crippen LogP contribution is 2.23. The summed E-state index contributed by atoms with van der Waals surface area (Å²) in [4.78, 5) is 24.3. The van der Waals surface area contributed by atoms with Crippen LogP contribution >= 0.6 is 0 Å². The standard InChI is InChI=1S/C21H24N2O4/c1-5-13-26-18-11-9-17(10-12-18)21(25)23-22-20(24)16(4)27-19-14(2)7-6-8-15(19)3/h5-12,16H,1,13H2,2-4H3,(H,22,24)(H,23,25)/t16-/m1/s1. The second kappa shape index (κ2) is 9.43. The van der Waals surface area contributed by atoms with Gasteiger partial charge in [0, 0.05) is 5.56 Å². The fraction of sp³-hybridized carbons (Fsp3) is 0.238. The van der Waals surface area contributed by atoms with Crippen molar-refractivity contribution in [1.82, 2.24) is 10.9 Å². The molecule has 2 aromatic rings. The molecule has 0 heterocycles. The smallest absolute Gasteiger partial charge is 0.279 e. The maximum absolute atomic E-state index is 12.2. The van der Waals surface area contributed by atoms with E-state index >= 15 is 0 Å². The van der Waals surface area contributed by atoms with Gasteiger partial charge in [-0.3, -0.25) is 20.4 Å². The monoisotopic (exact) mass is 368 g/mol. The number of hydrazine groups is 1. The third-order valence-electron chi connectivity index (χ3n) is 3.86. The zero-order chi connectivity index (χ0) is 19.8. The van der Waals surface area contributed by atoms with Crippen LogP contribution in [-0.4, -0.2) is 24.5 Å². The van der Waals surface area contributed by atoms with Gasteiger partial charge >= 0.3 is 0 Å². The SMILES string of the molecule is C=CCOc1ccc(C(=O)NNC(=O)[C@@H](C)Oc2c(C)cccc2C)cc1. The van der Waals surface area contributed by atoms with Gasteiger partial charge in [0.05, 0.1) is 0 Å². The number of rotatable bonds is 7. The van der Waals surface area contributed by atoms with Crippen molar-refractivity contribution in [2.75, 3.05) is 6.61 Å². The molecule has 142 valence electrons. The van der Waals surface area contributed by atoms with E-state index in [9.17, 15) is 9.59 Å². The Morgan fingerprint density at radius 2 is 1.70 bits per heavy atom. The zero-order valence-corrected chi connectivity index (χ0v) is 15.7. The quantitative estimate of drug-likeness (QED) is 0.582. The fourth-order valence-electron chi connectivity index (χ4n) is 2.37.